The summed E-state index contributed by atoms with van der Waals surface area (Å²) < 4.78 is 25.1. The summed E-state index contributed by atoms with van der Waals surface area (Å²) >= 11 is 0. The molecule has 162 valence electrons. The molecule has 3 aromatic rings. The number of nitrogens with zero attached hydrogens (tertiary/aromatic N) is 2. The average Bonchev–Trinajstić information content (AvgIpc) is 2.73. The van der Waals surface area contributed by atoms with E-state index in [1.54, 1.807) is 31.2 Å². The summed E-state index contributed by atoms with van der Waals surface area (Å²) in [5, 5.41) is 20.3. The zero-order valence-electron chi connectivity index (χ0n) is 17.3. The van der Waals surface area contributed by atoms with Crippen LogP contribution >= 0.6 is 0 Å². The minimum atomic E-state index is -1.13. The van der Waals surface area contributed by atoms with Crippen LogP contribution in [0.25, 0.3) is 21.9 Å². The topological polar surface area (TPSA) is 92.1 Å². The van der Waals surface area contributed by atoms with Crippen LogP contribution in [0.1, 0.15) is 12.5 Å². The summed E-state index contributed by atoms with van der Waals surface area (Å²) in [6.45, 7) is 4.79. The predicted molar refractivity (Wildman–Crippen MR) is 114 cm³/mol. The zero-order valence-corrected chi connectivity index (χ0v) is 17.3. The second kappa shape index (κ2) is 8.39. The highest BCUT2D eigenvalue weighted by molar-refractivity contribution is 6.04. The second-order valence-electron chi connectivity index (χ2n) is 7.62. The number of phenolic OH excluding ortho intramolecular Hbond substituents is 1. The number of hydrogen-bond donors (Lipinski definition) is 2. The van der Waals surface area contributed by atoms with E-state index >= 15 is 0 Å². The van der Waals surface area contributed by atoms with Gasteiger partial charge in [-0.1, -0.05) is 6.07 Å². The van der Waals surface area contributed by atoms with Crippen molar-refractivity contribution in [3.63, 3.8) is 0 Å². The van der Waals surface area contributed by atoms with Gasteiger partial charge in [0.15, 0.2) is 6.61 Å². The smallest absolute Gasteiger partial charge is 0.341 e. The van der Waals surface area contributed by atoms with Crippen molar-refractivity contribution in [1.82, 2.24) is 4.98 Å². The Morgan fingerprint density at radius 2 is 2.10 bits per heavy atom. The third-order valence-corrected chi connectivity index (χ3v) is 5.25. The van der Waals surface area contributed by atoms with Crippen LogP contribution in [0.3, 0.4) is 0 Å². The molecule has 2 aromatic carbocycles. The number of morpholine rings is 1. The van der Waals surface area contributed by atoms with E-state index in [-0.39, 0.29) is 23.6 Å². The third-order valence-electron chi connectivity index (χ3n) is 5.25. The van der Waals surface area contributed by atoms with E-state index in [0.717, 1.165) is 11.1 Å². The number of rotatable bonds is 5. The fourth-order valence-electron chi connectivity index (χ4n) is 3.82. The van der Waals surface area contributed by atoms with Gasteiger partial charge in [-0.05, 0) is 60.7 Å². The van der Waals surface area contributed by atoms with Crippen molar-refractivity contribution < 1.29 is 28.9 Å². The molecule has 4 rings (SSSR count). The molecule has 8 heteroatoms. The van der Waals surface area contributed by atoms with Gasteiger partial charge in [0, 0.05) is 24.0 Å². The number of pyridine rings is 1. The summed E-state index contributed by atoms with van der Waals surface area (Å²) in [5.41, 5.74) is 2.02. The molecule has 1 atom stereocenters. The SMILES string of the molecule is Cc1cc(-c2c(N3CCOC(C)C3)nc(OCC(=O)O)c3cc(O)ccc23)ccc1F. The Morgan fingerprint density at radius 3 is 2.81 bits per heavy atom. The van der Waals surface area contributed by atoms with Gasteiger partial charge < -0.3 is 24.6 Å². The van der Waals surface area contributed by atoms with Gasteiger partial charge in [-0.15, -0.1) is 0 Å². The standard InChI is InChI=1S/C23H23FN2O5/c1-13-9-15(3-6-19(13)24)21-17-5-4-16(27)10-18(17)23(31-12-20(28)29)25-22(21)26-7-8-30-14(2)11-26/h3-6,9-10,14,27H,7-8,11-12H2,1-2H3,(H,28,29). The fourth-order valence-corrected chi connectivity index (χ4v) is 3.82. The molecule has 1 aliphatic rings. The number of carbonyl (C=O) groups is 1. The van der Waals surface area contributed by atoms with E-state index < -0.39 is 12.6 Å². The first-order chi connectivity index (χ1) is 14.8. The van der Waals surface area contributed by atoms with E-state index in [9.17, 15) is 14.3 Å². The molecule has 1 aromatic heterocycles. The third kappa shape index (κ3) is 4.25. The molecule has 2 N–H and O–H groups in total. The van der Waals surface area contributed by atoms with Gasteiger partial charge in [0.25, 0.3) is 0 Å². The molecule has 7 nitrogen and oxygen atoms in total. The molecule has 1 aliphatic heterocycles. The first kappa shape index (κ1) is 20.9. The zero-order chi connectivity index (χ0) is 22.1. The van der Waals surface area contributed by atoms with Crippen LogP contribution in [0.5, 0.6) is 11.6 Å². The largest absolute Gasteiger partial charge is 0.508 e. The van der Waals surface area contributed by atoms with E-state index in [0.29, 0.717) is 41.9 Å². The maximum atomic E-state index is 14.0. The van der Waals surface area contributed by atoms with Crippen molar-refractivity contribution >= 4 is 22.6 Å². The van der Waals surface area contributed by atoms with Gasteiger partial charge in [0.1, 0.15) is 17.4 Å². The van der Waals surface area contributed by atoms with Gasteiger partial charge in [-0.3, -0.25) is 0 Å². The van der Waals surface area contributed by atoms with E-state index in [1.165, 1.54) is 12.1 Å². The van der Waals surface area contributed by atoms with Crippen molar-refractivity contribution in [3.05, 3.63) is 47.8 Å². The molecule has 0 radical (unpaired) electrons. The molecule has 0 aliphatic carbocycles. The number of hydrogen-bond acceptors (Lipinski definition) is 6. The first-order valence-electron chi connectivity index (χ1n) is 9.98. The fraction of sp³-hybridized carbons (Fsp3) is 0.304. The highest BCUT2D eigenvalue weighted by Gasteiger charge is 2.25. The Bertz CT molecular complexity index is 1150. The van der Waals surface area contributed by atoms with Gasteiger partial charge in [-0.2, -0.15) is 4.98 Å². The molecule has 1 unspecified atom stereocenters. The van der Waals surface area contributed by atoms with Crippen molar-refractivity contribution in [2.75, 3.05) is 31.2 Å². The molecular formula is C23H23FN2O5. The Labute approximate surface area is 178 Å². The van der Waals surface area contributed by atoms with Gasteiger partial charge >= 0.3 is 5.97 Å². The lowest BCUT2D eigenvalue weighted by Crippen LogP contribution is -2.41. The molecular weight excluding hydrogens is 403 g/mol. The number of aryl methyl sites for hydroxylation is 1. The Balaban J connectivity index is 1.99. The maximum Gasteiger partial charge on any atom is 0.341 e. The van der Waals surface area contributed by atoms with Crippen molar-refractivity contribution in [3.8, 4) is 22.8 Å². The maximum absolute atomic E-state index is 14.0. The van der Waals surface area contributed by atoms with E-state index in [2.05, 4.69) is 9.88 Å². The highest BCUT2D eigenvalue weighted by atomic mass is 19.1. The van der Waals surface area contributed by atoms with Gasteiger partial charge in [0.05, 0.1) is 12.7 Å². The summed E-state index contributed by atoms with van der Waals surface area (Å²) in [6, 6.07) is 9.64. The number of benzene rings is 2. The minimum absolute atomic E-state index is 0.00320. The van der Waals surface area contributed by atoms with Gasteiger partial charge in [-0.25, -0.2) is 9.18 Å². The number of aliphatic carboxylic acids is 1. The molecule has 2 heterocycles. The lowest BCUT2D eigenvalue weighted by molar-refractivity contribution is -0.139. The number of carboxylic acid groups (broad SMARTS) is 1. The Hall–Kier alpha value is -3.39. The van der Waals surface area contributed by atoms with Crippen molar-refractivity contribution in [2.24, 2.45) is 0 Å². The summed E-state index contributed by atoms with van der Waals surface area (Å²) in [5.74, 6) is -0.718. The minimum Gasteiger partial charge on any atom is -0.508 e. The van der Waals surface area contributed by atoms with Crippen LogP contribution in [0.2, 0.25) is 0 Å². The quantitative estimate of drug-likeness (QED) is 0.642. The molecule has 0 spiro atoms. The lowest BCUT2D eigenvalue weighted by Gasteiger charge is -2.34. The van der Waals surface area contributed by atoms with Crippen LogP contribution < -0.4 is 9.64 Å². The number of ether oxygens (including phenoxy) is 2. The molecule has 1 saturated heterocycles. The number of aromatic nitrogens is 1. The van der Waals surface area contributed by atoms with Gasteiger partial charge in [0.2, 0.25) is 5.88 Å². The summed E-state index contributed by atoms with van der Waals surface area (Å²) in [6.07, 6.45) is -0.0164. The number of phenols is 1. The van der Waals surface area contributed by atoms with Crippen LogP contribution in [0.4, 0.5) is 10.2 Å². The molecule has 0 saturated carbocycles. The number of aromatic hydroxyl groups is 1. The predicted octanol–water partition coefficient (Wildman–Crippen LogP) is 3.74. The second-order valence-corrected chi connectivity index (χ2v) is 7.62. The Kier molecular flexibility index (Phi) is 5.65. The number of fused-ring (bicyclic) bond motifs is 1. The summed E-state index contributed by atoms with van der Waals surface area (Å²) in [4.78, 5) is 17.8. The monoisotopic (exact) mass is 426 g/mol. The number of anilines is 1. The number of halogens is 1. The van der Waals surface area contributed by atoms with E-state index in [1.807, 2.05) is 6.92 Å². The van der Waals surface area contributed by atoms with Crippen LogP contribution in [0, 0.1) is 12.7 Å². The van der Waals surface area contributed by atoms with Crippen LogP contribution in [0.15, 0.2) is 36.4 Å². The van der Waals surface area contributed by atoms with Crippen LogP contribution in [-0.2, 0) is 9.53 Å². The summed E-state index contributed by atoms with van der Waals surface area (Å²) in [7, 11) is 0. The molecule has 1 fully saturated rings. The molecule has 0 bridgehead atoms. The average molecular weight is 426 g/mol. The van der Waals surface area contributed by atoms with E-state index in [4.69, 9.17) is 14.6 Å². The molecule has 0 amide bonds. The van der Waals surface area contributed by atoms with Crippen molar-refractivity contribution in [2.45, 2.75) is 20.0 Å². The lowest BCUT2D eigenvalue weighted by atomic mass is 9.97. The number of carboxylic acids is 1. The highest BCUT2D eigenvalue weighted by Crippen LogP contribution is 2.42. The van der Waals surface area contributed by atoms with Crippen molar-refractivity contribution in [1.29, 1.82) is 0 Å². The molecule has 31 heavy (non-hydrogen) atoms. The normalized spacial score (nSPS) is 16.5. The first-order valence-corrected chi connectivity index (χ1v) is 9.98. The van der Waals surface area contributed by atoms with Crippen LogP contribution in [-0.4, -0.2) is 53.6 Å². The Morgan fingerprint density at radius 1 is 1.29 bits per heavy atom.